The standard InChI is InChI=1S/C49H58N5O10P/c1-34(2)54(35(3)4)65(61-30-14-28-50)62-33-42-44(45(60-32-31-57-5)47(63-42)53-29-27-43(52-48(53)56)51-46(55)36-15-10-8-11-16-36)64-49(37-17-12-9-13-18-37,38-19-23-40(58-6)24-20-38)39-21-25-41(59-7)26-22-39/h8-13,15-27,29,34-35,42,44-45,47H,14,30-33H2,1-7H3,(H,51,52,55,56)/t42-,44-,45-,47-,65?/m1/s1. The van der Waals surface area contributed by atoms with Crippen LogP contribution in [0.5, 0.6) is 11.5 Å². The second kappa shape index (κ2) is 23.6. The Morgan fingerprint density at radius 2 is 1.38 bits per heavy atom. The van der Waals surface area contributed by atoms with E-state index in [1.165, 1.54) is 16.8 Å². The maximum absolute atomic E-state index is 14.2. The predicted octanol–water partition coefficient (Wildman–Crippen LogP) is 8.11. The zero-order chi connectivity index (χ0) is 46.3. The number of hydrogen-bond donors (Lipinski definition) is 1. The number of carbonyl (C=O) groups is 1. The Morgan fingerprint density at radius 3 is 1.92 bits per heavy atom. The van der Waals surface area contributed by atoms with Crippen LogP contribution in [0.1, 0.15) is 67.4 Å². The Morgan fingerprint density at radius 1 is 0.800 bits per heavy atom. The Kier molecular flexibility index (Phi) is 17.8. The van der Waals surface area contributed by atoms with E-state index < -0.39 is 50.3 Å². The van der Waals surface area contributed by atoms with Crippen molar-refractivity contribution >= 4 is 20.3 Å². The molecule has 65 heavy (non-hydrogen) atoms. The van der Waals surface area contributed by atoms with Gasteiger partial charge in [0.15, 0.2) is 6.23 Å². The van der Waals surface area contributed by atoms with Gasteiger partial charge in [-0.15, -0.1) is 0 Å². The zero-order valence-corrected chi connectivity index (χ0v) is 38.8. The topological polar surface area (TPSA) is 165 Å². The fraction of sp³-hybridized carbons (Fsp3) is 0.388. The monoisotopic (exact) mass is 907 g/mol. The van der Waals surface area contributed by atoms with Gasteiger partial charge in [0.2, 0.25) is 0 Å². The third-order valence-corrected chi connectivity index (χ3v) is 12.8. The van der Waals surface area contributed by atoms with Crippen molar-refractivity contribution in [1.29, 1.82) is 5.26 Å². The van der Waals surface area contributed by atoms with E-state index in [0.717, 1.165) is 16.7 Å². The molecule has 4 aromatic carbocycles. The van der Waals surface area contributed by atoms with Crippen LogP contribution < -0.4 is 20.5 Å². The molecular weight excluding hydrogens is 850 g/mol. The first-order chi connectivity index (χ1) is 31.5. The fourth-order valence-corrected chi connectivity index (χ4v) is 9.41. The molecule has 5 aromatic rings. The molecule has 0 bridgehead atoms. The molecule has 344 valence electrons. The van der Waals surface area contributed by atoms with Gasteiger partial charge in [0.25, 0.3) is 14.4 Å². The van der Waals surface area contributed by atoms with Crippen LogP contribution in [0.25, 0.3) is 0 Å². The summed E-state index contributed by atoms with van der Waals surface area (Å²) in [7, 11) is 3.08. The SMILES string of the molecule is COCCO[C@@H]1[C@H](OC(c2ccccc2)(c2ccc(OC)cc2)c2ccc(OC)cc2)[C@@H](COP(OCCC#N)N(C(C)C)C(C)C)O[C@H]1n1ccc(NC(=O)c2ccccc2)nc1=O. The van der Waals surface area contributed by atoms with Crippen LogP contribution in [0.4, 0.5) is 5.82 Å². The minimum atomic E-state index is -1.72. The van der Waals surface area contributed by atoms with Gasteiger partial charge in [-0.2, -0.15) is 10.2 Å². The van der Waals surface area contributed by atoms with Gasteiger partial charge in [-0.05, 0) is 86.8 Å². The van der Waals surface area contributed by atoms with Crippen LogP contribution in [0, 0.1) is 11.3 Å². The predicted molar refractivity (Wildman–Crippen MR) is 247 cm³/mol. The van der Waals surface area contributed by atoms with Gasteiger partial charge in [0.1, 0.15) is 41.2 Å². The molecule has 2 heterocycles. The first-order valence-corrected chi connectivity index (χ1v) is 22.6. The molecule has 1 fully saturated rings. The van der Waals surface area contributed by atoms with Crippen molar-refractivity contribution in [1.82, 2.24) is 14.2 Å². The molecule has 16 heteroatoms. The van der Waals surface area contributed by atoms with Crippen molar-refractivity contribution in [3.8, 4) is 17.6 Å². The Hall–Kier alpha value is -5.53. The number of ether oxygens (including phenoxy) is 6. The number of benzene rings is 4. The number of carbonyl (C=O) groups excluding carboxylic acids is 1. The summed E-state index contributed by atoms with van der Waals surface area (Å²) in [6.45, 7) is 8.67. The molecule has 1 unspecified atom stereocenters. The third-order valence-electron chi connectivity index (χ3n) is 10.8. The van der Waals surface area contributed by atoms with E-state index in [-0.39, 0.29) is 50.7 Å². The maximum Gasteiger partial charge on any atom is 0.351 e. The number of aromatic nitrogens is 2. The second-order valence-corrected chi connectivity index (χ2v) is 17.1. The molecule has 1 aliphatic rings. The number of amides is 1. The lowest BCUT2D eigenvalue weighted by Crippen LogP contribution is -2.47. The van der Waals surface area contributed by atoms with Crippen molar-refractivity contribution in [3.05, 3.63) is 154 Å². The zero-order valence-electron chi connectivity index (χ0n) is 37.9. The highest BCUT2D eigenvalue weighted by molar-refractivity contribution is 7.44. The largest absolute Gasteiger partial charge is 0.497 e. The molecule has 6 rings (SSSR count). The van der Waals surface area contributed by atoms with E-state index in [2.05, 4.69) is 48.7 Å². The van der Waals surface area contributed by atoms with Gasteiger partial charge in [-0.25, -0.2) is 9.46 Å². The molecule has 0 aliphatic carbocycles. The summed E-state index contributed by atoms with van der Waals surface area (Å²) in [5.74, 6) is 0.953. The van der Waals surface area contributed by atoms with Crippen molar-refractivity contribution in [2.45, 2.75) is 76.3 Å². The molecule has 15 nitrogen and oxygen atoms in total. The number of nitriles is 1. The summed E-state index contributed by atoms with van der Waals surface area (Å²) in [5, 5.41) is 12.1. The first kappa shape index (κ1) is 48.9. The number of nitrogens with one attached hydrogen (secondary N) is 1. The molecule has 5 atom stereocenters. The highest BCUT2D eigenvalue weighted by Gasteiger charge is 2.53. The Balaban J connectivity index is 1.51. The molecule has 0 saturated carbocycles. The average Bonchev–Trinajstić information content (AvgIpc) is 3.65. The summed E-state index contributed by atoms with van der Waals surface area (Å²) in [5.41, 5.74) is 0.688. The van der Waals surface area contributed by atoms with Gasteiger partial charge >= 0.3 is 5.69 Å². The molecule has 1 aliphatic heterocycles. The number of rotatable bonds is 23. The molecule has 0 spiro atoms. The third kappa shape index (κ3) is 11.8. The highest BCUT2D eigenvalue weighted by atomic mass is 31.2. The van der Waals surface area contributed by atoms with Crippen molar-refractivity contribution in [2.75, 3.05) is 53.1 Å². The van der Waals surface area contributed by atoms with Crippen LogP contribution in [-0.2, 0) is 33.6 Å². The lowest BCUT2D eigenvalue weighted by molar-refractivity contribution is -0.128. The highest BCUT2D eigenvalue weighted by Crippen LogP contribution is 2.49. The van der Waals surface area contributed by atoms with E-state index in [1.54, 1.807) is 45.6 Å². The fourth-order valence-electron chi connectivity index (χ4n) is 7.79. The van der Waals surface area contributed by atoms with E-state index in [4.69, 9.17) is 37.5 Å². The summed E-state index contributed by atoms with van der Waals surface area (Å²) < 4.78 is 54.5. The van der Waals surface area contributed by atoms with Crippen LogP contribution in [-0.4, -0.2) is 98.3 Å². The molecule has 1 amide bonds. The average molecular weight is 908 g/mol. The number of hydrogen-bond acceptors (Lipinski definition) is 13. The number of methoxy groups -OCH3 is 3. The molecule has 1 saturated heterocycles. The summed E-state index contributed by atoms with van der Waals surface area (Å²) in [6, 6.07) is 37.6. The van der Waals surface area contributed by atoms with E-state index >= 15 is 0 Å². The van der Waals surface area contributed by atoms with Gasteiger partial charge in [0.05, 0.1) is 53.1 Å². The van der Waals surface area contributed by atoms with Gasteiger partial charge in [-0.3, -0.25) is 9.36 Å². The Labute approximate surface area is 382 Å². The summed E-state index contributed by atoms with van der Waals surface area (Å²) >= 11 is 0. The van der Waals surface area contributed by atoms with E-state index in [0.29, 0.717) is 17.1 Å². The molecule has 1 N–H and O–H groups in total. The number of nitrogens with zero attached hydrogens (tertiary/aromatic N) is 4. The van der Waals surface area contributed by atoms with Crippen LogP contribution in [0.2, 0.25) is 0 Å². The minimum Gasteiger partial charge on any atom is -0.497 e. The first-order valence-electron chi connectivity index (χ1n) is 21.5. The summed E-state index contributed by atoms with van der Waals surface area (Å²) in [6.07, 6.45) is -2.25. The van der Waals surface area contributed by atoms with Gasteiger partial charge in [-0.1, -0.05) is 72.8 Å². The van der Waals surface area contributed by atoms with Crippen LogP contribution in [0.3, 0.4) is 0 Å². The van der Waals surface area contributed by atoms with Gasteiger partial charge < -0.3 is 42.8 Å². The lowest BCUT2D eigenvalue weighted by Gasteiger charge is -2.41. The van der Waals surface area contributed by atoms with E-state index in [9.17, 15) is 14.9 Å². The Bertz CT molecular complexity index is 2290. The van der Waals surface area contributed by atoms with Gasteiger partial charge in [0, 0.05) is 31.0 Å². The molecular formula is C49H58N5O10P. The molecule has 1 aromatic heterocycles. The molecule has 0 radical (unpaired) electrons. The number of anilines is 1. The lowest BCUT2D eigenvalue weighted by atomic mass is 9.79. The smallest absolute Gasteiger partial charge is 0.351 e. The van der Waals surface area contributed by atoms with Crippen molar-refractivity contribution in [2.24, 2.45) is 0 Å². The summed E-state index contributed by atoms with van der Waals surface area (Å²) in [4.78, 5) is 31.5. The normalized spacial score (nSPS) is 17.9. The minimum absolute atomic E-state index is 0.0269. The van der Waals surface area contributed by atoms with E-state index in [1.807, 2.05) is 84.9 Å². The quantitative estimate of drug-likeness (QED) is 0.0380. The van der Waals surface area contributed by atoms with Crippen molar-refractivity contribution in [3.63, 3.8) is 0 Å². The van der Waals surface area contributed by atoms with Crippen LogP contribution in [0.15, 0.2) is 126 Å². The second-order valence-electron chi connectivity index (χ2n) is 15.6. The maximum atomic E-state index is 14.2. The van der Waals surface area contributed by atoms with Crippen molar-refractivity contribution < 1.29 is 42.3 Å². The van der Waals surface area contributed by atoms with Crippen LogP contribution >= 0.6 is 8.53 Å².